The second kappa shape index (κ2) is 9.14. The number of nitrogens with zero attached hydrogens (tertiary/aromatic N) is 1. The first-order chi connectivity index (χ1) is 13.5. The van der Waals surface area contributed by atoms with Crippen molar-refractivity contribution in [3.05, 3.63) is 86.6 Å². The lowest BCUT2D eigenvalue weighted by Crippen LogP contribution is -2.32. The van der Waals surface area contributed by atoms with Gasteiger partial charge in [0, 0.05) is 12.1 Å². The van der Waals surface area contributed by atoms with Crippen LogP contribution in [0.4, 0.5) is 4.39 Å². The summed E-state index contributed by atoms with van der Waals surface area (Å²) in [5.41, 5.74) is 0.525. The maximum atomic E-state index is 14.3. The van der Waals surface area contributed by atoms with Crippen molar-refractivity contribution in [2.24, 2.45) is 0 Å². The highest BCUT2D eigenvalue weighted by Gasteiger charge is 2.30. The number of carbonyl (C=O) groups excluding carboxylic acids is 2. The van der Waals surface area contributed by atoms with Crippen LogP contribution in [0, 0.1) is 5.82 Å². The van der Waals surface area contributed by atoms with E-state index in [0.717, 1.165) is 17.1 Å². The third kappa shape index (κ3) is 4.67. The number of aromatic nitrogens is 1. The van der Waals surface area contributed by atoms with E-state index in [4.69, 9.17) is 27.9 Å². The van der Waals surface area contributed by atoms with E-state index in [-0.39, 0.29) is 27.2 Å². The molecule has 0 saturated carbocycles. The van der Waals surface area contributed by atoms with Gasteiger partial charge in [0.15, 0.2) is 5.69 Å². The van der Waals surface area contributed by atoms with Crippen molar-refractivity contribution >= 4 is 46.6 Å². The summed E-state index contributed by atoms with van der Waals surface area (Å²) in [6.45, 7) is 0.186. The molecule has 1 amide bonds. The molecule has 28 heavy (non-hydrogen) atoms. The summed E-state index contributed by atoms with van der Waals surface area (Å²) in [5.74, 6) is -2.34. The highest BCUT2D eigenvalue weighted by Crippen LogP contribution is 2.31. The van der Waals surface area contributed by atoms with E-state index in [0.29, 0.717) is 0 Å². The Balaban J connectivity index is 1.83. The lowest BCUT2D eigenvalue weighted by molar-refractivity contribution is -0.130. The number of benzene rings is 2. The van der Waals surface area contributed by atoms with E-state index >= 15 is 0 Å². The third-order valence-electron chi connectivity index (χ3n) is 3.75. The van der Waals surface area contributed by atoms with Crippen molar-refractivity contribution < 1.29 is 18.7 Å². The molecule has 1 heterocycles. The van der Waals surface area contributed by atoms with Crippen molar-refractivity contribution in [2.45, 2.75) is 12.6 Å². The average molecular weight is 439 g/mol. The third-order valence-corrected chi connectivity index (χ3v) is 5.36. The quantitative estimate of drug-likeness (QED) is 0.561. The largest absolute Gasteiger partial charge is 0.442 e. The number of esters is 1. The average Bonchev–Trinajstić information content (AvgIpc) is 3.04. The van der Waals surface area contributed by atoms with E-state index in [2.05, 4.69) is 9.69 Å². The van der Waals surface area contributed by atoms with Crippen molar-refractivity contribution in [3.63, 3.8) is 0 Å². The van der Waals surface area contributed by atoms with Gasteiger partial charge in [0.25, 0.3) is 5.91 Å². The lowest BCUT2D eigenvalue weighted by atomic mass is 10.1. The molecule has 5 nitrogen and oxygen atoms in total. The Morgan fingerprint density at radius 3 is 2.43 bits per heavy atom. The molecule has 0 unspecified atom stereocenters. The van der Waals surface area contributed by atoms with Gasteiger partial charge in [0.2, 0.25) is 6.10 Å². The monoisotopic (exact) mass is 438 g/mol. The normalized spacial score (nSPS) is 11.7. The first kappa shape index (κ1) is 20.3. The molecule has 0 spiro atoms. The molecule has 0 aliphatic rings. The lowest BCUT2D eigenvalue weighted by Gasteiger charge is -2.18. The Morgan fingerprint density at radius 1 is 1.11 bits per heavy atom. The van der Waals surface area contributed by atoms with Gasteiger partial charge in [0.1, 0.15) is 15.2 Å². The standard InChI is InChI=1S/C19H13Cl2FN2O3S/c20-14-15(24-28-17(14)21)19(26)27-16(12-8-4-5-9-13(12)22)18(25)23-10-11-6-2-1-3-7-11/h1-9,16H,10H2,(H,23,25)/t16-/m1/s1. The van der Waals surface area contributed by atoms with Gasteiger partial charge in [-0.15, -0.1) is 0 Å². The van der Waals surface area contributed by atoms with Gasteiger partial charge in [-0.2, -0.15) is 4.37 Å². The molecule has 1 atom stereocenters. The number of hydrogen-bond donors (Lipinski definition) is 1. The van der Waals surface area contributed by atoms with E-state index in [1.54, 1.807) is 0 Å². The molecule has 3 rings (SSSR count). The van der Waals surface area contributed by atoms with E-state index in [9.17, 15) is 14.0 Å². The molecule has 144 valence electrons. The number of ether oxygens (including phenoxy) is 1. The molecule has 0 aliphatic carbocycles. The van der Waals surface area contributed by atoms with Crippen LogP contribution >= 0.6 is 34.7 Å². The second-order valence-electron chi connectivity index (χ2n) is 5.63. The van der Waals surface area contributed by atoms with Crippen molar-refractivity contribution in [3.8, 4) is 0 Å². The minimum Gasteiger partial charge on any atom is -0.442 e. The number of carbonyl (C=O) groups is 2. The van der Waals surface area contributed by atoms with Crippen LogP contribution in [-0.4, -0.2) is 16.3 Å². The molecule has 1 N–H and O–H groups in total. The first-order valence-electron chi connectivity index (χ1n) is 8.05. The fourth-order valence-electron chi connectivity index (χ4n) is 2.37. The molecular formula is C19H13Cl2FN2O3S. The highest BCUT2D eigenvalue weighted by molar-refractivity contribution is 7.11. The van der Waals surface area contributed by atoms with Crippen LogP contribution in [0.3, 0.4) is 0 Å². The Hall–Kier alpha value is -2.48. The van der Waals surface area contributed by atoms with Crippen LogP contribution in [0.2, 0.25) is 9.36 Å². The fraction of sp³-hybridized carbons (Fsp3) is 0.105. The summed E-state index contributed by atoms with van der Waals surface area (Å²) in [6, 6.07) is 14.7. The van der Waals surface area contributed by atoms with Crippen LogP contribution in [0.15, 0.2) is 54.6 Å². The summed E-state index contributed by atoms with van der Waals surface area (Å²) < 4.78 is 23.5. The van der Waals surface area contributed by atoms with E-state index < -0.39 is 23.8 Å². The van der Waals surface area contributed by atoms with Crippen molar-refractivity contribution in [1.82, 2.24) is 9.69 Å². The molecule has 9 heteroatoms. The zero-order chi connectivity index (χ0) is 20.1. The zero-order valence-electron chi connectivity index (χ0n) is 14.2. The van der Waals surface area contributed by atoms with Gasteiger partial charge in [-0.1, -0.05) is 71.7 Å². The molecule has 0 radical (unpaired) electrons. The minimum absolute atomic E-state index is 0.0753. The van der Waals surface area contributed by atoms with Crippen LogP contribution in [0.5, 0.6) is 0 Å². The smallest absolute Gasteiger partial charge is 0.360 e. The maximum Gasteiger partial charge on any atom is 0.360 e. The second-order valence-corrected chi connectivity index (χ2v) is 7.38. The van der Waals surface area contributed by atoms with Crippen LogP contribution in [0.1, 0.15) is 27.7 Å². The molecular weight excluding hydrogens is 426 g/mol. The van der Waals surface area contributed by atoms with Crippen LogP contribution in [0.25, 0.3) is 0 Å². The van der Waals surface area contributed by atoms with Crippen LogP contribution < -0.4 is 5.32 Å². The predicted octanol–water partition coefficient (Wildman–Crippen LogP) is 4.80. The van der Waals surface area contributed by atoms with Crippen molar-refractivity contribution in [1.29, 1.82) is 0 Å². The Labute approximate surface area is 174 Å². The van der Waals surface area contributed by atoms with Gasteiger partial charge in [-0.25, -0.2) is 9.18 Å². The molecule has 3 aromatic rings. The van der Waals surface area contributed by atoms with E-state index in [1.807, 2.05) is 30.3 Å². The Bertz CT molecular complexity index is 998. The van der Waals surface area contributed by atoms with Crippen molar-refractivity contribution in [2.75, 3.05) is 0 Å². The SMILES string of the molecule is O=C(O[C@@H](C(=O)NCc1ccccc1)c1ccccc1F)c1nsc(Cl)c1Cl. The topological polar surface area (TPSA) is 68.3 Å². The van der Waals surface area contributed by atoms with Crippen LogP contribution in [-0.2, 0) is 16.1 Å². The summed E-state index contributed by atoms with van der Waals surface area (Å²) >= 11 is 12.5. The fourth-order valence-corrected chi connectivity index (χ4v) is 3.35. The van der Waals surface area contributed by atoms with Gasteiger partial charge >= 0.3 is 5.97 Å². The van der Waals surface area contributed by atoms with Gasteiger partial charge in [-0.3, -0.25) is 4.79 Å². The molecule has 0 bridgehead atoms. The maximum absolute atomic E-state index is 14.3. The summed E-state index contributed by atoms with van der Waals surface area (Å²) in [6.07, 6.45) is -1.52. The first-order valence-corrected chi connectivity index (χ1v) is 9.58. The predicted molar refractivity (Wildman–Crippen MR) is 105 cm³/mol. The molecule has 0 fully saturated rings. The molecule has 2 aromatic carbocycles. The molecule has 1 aromatic heterocycles. The Kier molecular flexibility index (Phi) is 6.61. The number of nitrogens with one attached hydrogen (secondary N) is 1. The summed E-state index contributed by atoms with van der Waals surface area (Å²) in [5, 5.41) is 2.57. The highest BCUT2D eigenvalue weighted by atomic mass is 35.5. The van der Waals surface area contributed by atoms with Gasteiger partial charge < -0.3 is 10.1 Å². The molecule has 0 saturated heterocycles. The van der Waals surface area contributed by atoms with Gasteiger partial charge in [-0.05, 0) is 23.2 Å². The number of halogens is 3. The zero-order valence-corrected chi connectivity index (χ0v) is 16.5. The molecule has 0 aliphatic heterocycles. The number of amides is 1. The number of rotatable bonds is 6. The number of hydrogen-bond acceptors (Lipinski definition) is 5. The minimum atomic E-state index is -1.52. The summed E-state index contributed by atoms with van der Waals surface area (Å²) in [4.78, 5) is 25.1. The van der Waals surface area contributed by atoms with Gasteiger partial charge in [0.05, 0.1) is 0 Å². The van der Waals surface area contributed by atoms with E-state index in [1.165, 1.54) is 24.3 Å². The Morgan fingerprint density at radius 2 is 1.79 bits per heavy atom. The summed E-state index contributed by atoms with van der Waals surface area (Å²) in [7, 11) is 0.